The quantitative estimate of drug-likeness (QED) is 0.337. The van der Waals surface area contributed by atoms with Crippen molar-refractivity contribution >= 4 is 46.1 Å². The highest BCUT2D eigenvalue weighted by Crippen LogP contribution is 2.38. The highest BCUT2D eigenvalue weighted by molar-refractivity contribution is 7.07. The molecule has 8 nitrogen and oxygen atoms in total. The molecule has 3 heterocycles. The van der Waals surface area contributed by atoms with Gasteiger partial charge in [-0.05, 0) is 45.0 Å². The summed E-state index contributed by atoms with van der Waals surface area (Å²) in [6.07, 6.45) is 1.25. The van der Waals surface area contributed by atoms with Crippen LogP contribution in [0.4, 0.5) is 5.69 Å². The number of rotatable bonds is 6. The molecule has 1 aromatic heterocycles. The number of nitrogens with zero attached hydrogens (tertiary/aromatic N) is 3. The summed E-state index contributed by atoms with van der Waals surface area (Å²) < 4.78 is 12.8. The fourth-order valence-electron chi connectivity index (χ4n) is 4.93. The molecule has 2 aliphatic heterocycles. The summed E-state index contributed by atoms with van der Waals surface area (Å²) in [6.45, 7) is 9.26. The second kappa shape index (κ2) is 10.3. The summed E-state index contributed by atoms with van der Waals surface area (Å²) in [6, 6.07) is 11.4. The van der Waals surface area contributed by atoms with Crippen LogP contribution in [0.25, 0.3) is 5.57 Å². The molecule has 0 unspecified atom stereocenters. The first-order valence-corrected chi connectivity index (χ1v) is 13.5. The number of hydrogen-bond donors (Lipinski definition) is 0. The smallest absolute Gasteiger partial charge is 0.338 e. The predicted octanol–water partition coefficient (Wildman–Crippen LogP) is 3.75. The molecule has 0 aliphatic carbocycles. The number of carbonyl (C=O) groups excluding carboxylic acids is 2. The standard InChI is InChI=1S/C29H26ClN3O5S/c1-6-13-32-20-10-8-7-9-18(20)23(26(32)34)25-27(35)33-24(19-14-17(30)11-12-21(19)37-5)22(28(36)38-15(2)3)16(4)31-29(33)39-25/h6-12,14-15,24H,1,13H2,2-5H3/b25-23-/t24-/m1/s1. The number of methoxy groups -OCH3 is 1. The zero-order valence-corrected chi connectivity index (χ0v) is 23.4. The van der Waals surface area contributed by atoms with E-state index in [1.54, 1.807) is 49.9 Å². The molecule has 0 fully saturated rings. The molecule has 0 saturated heterocycles. The van der Waals surface area contributed by atoms with Crippen LogP contribution in [0.5, 0.6) is 5.75 Å². The first-order chi connectivity index (χ1) is 18.7. The average Bonchev–Trinajstić information content (AvgIpc) is 3.35. The van der Waals surface area contributed by atoms with Crippen LogP contribution in [0.15, 0.2) is 76.2 Å². The van der Waals surface area contributed by atoms with Crippen LogP contribution in [0, 0.1) is 0 Å². The van der Waals surface area contributed by atoms with E-state index in [4.69, 9.17) is 21.1 Å². The minimum Gasteiger partial charge on any atom is -0.496 e. The maximum Gasteiger partial charge on any atom is 0.338 e. The van der Waals surface area contributed by atoms with Crippen LogP contribution in [0.1, 0.15) is 37.9 Å². The van der Waals surface area contributed by atoms with Crippen molar-refractivity contribution < 1.29 is 19.1 Å². The number of aromatic nitrogens is 1. The number of amides is 1. The number of anilines is 1. The molecule has 3 aromatic rings. The molecule has 10 heteroatoms. The zero-order chi connectivity index (χ0) is 28.0. The summed E-state index contributed by atoms with van der Waals surface area (Å²) in [4.78, 5) is 47.8. The van der Waals surface area contributed by atoms with Crippen molar-refractivity contribution in [2.24, 2.45) is 4.99 Å². The fourth-order valence-corrected chi connectivity index (χ4v) is 6.25. The number of esters is 1. The number of carbonyl (C=O) groups is 2. The van der Waals surface area contributed by atoms with E-state index in [0.717, 1.165) is 11.3 Å². The molecule has 0 N–H and O–H groups in total. The van der Waals surface area contributed by atoms with Gasteiger partial charge in [-0.3, -0.25) is 14.2 Å². The zero-order valence-electron chi connectivity index (χ0n) is 21.9. The number of benzene rings is 2. The van der Waals surface area contributed by atoms with Gasteiger partial charge in [0.05, 0.1) is 35.7 Å². The van der Waals surface area contributed by atoms with E-state index in [-0.39, 0.29) is 16.0 Å². The average molecular weight is 564 g/mol. The van der Waals surface area contributed by atoms with Gasteiger partial charge in [0.15, 0.2) is 4.80 Å². The maximum absolute atomic E-state index is 14.2. The Morgan fingerprint density at radius 1 is 1.23 bits per heavy atom. The van der Waals surface area contributed by atoms with Gasteiger partial charge in [0.1, 0.15) is 16.3 Å². The monoisotopic (exact) mass is 563 g/mol. The molecule has 200 valence electrons. The van der Waals surface area contributed by atoms with Gasteiger partial charge < -0.3 is 14.4 Å². The lowest BCUT2D eigenvalue weighted by molar-refractivity contribution is -0.143. The second-order valence-electron chi connectivity index (χ2n) is 9.34. The number of para-hydroxylation sites is 1. The molecule has 0 spiro atoms. The lowest BCUT2D eigenvalue weighted by Crippen LogP contribution is -2.41. The molecule has 2 aromatic carbocycles. The van der Waals surface area contributed by atoms with Gasteiger partial charge in [0, 0.05) is 22.7 Å². The Morgan fingerprint density at radius 2 is 1.97 bits per heavy atom. The van der Waals surface area contributed by atoms with E-state index >= 15 is 0 Å². The summed E-state index contributed by atoms with van der Waals surface area (Å²) >= 11 is 7.49. The van der Waals surface area contributed by atoms with E-state index in [1.807, 2.05) is 24.3 Å². The van der Waals surface area contributed by atoms with Crippen LogP contribution in [-0.2, 0) is 14.3 Å². The van der Waals surface area contributed by atoms with Crippen LogP contribution in [-0.4, -0.2) is 36.2 Å². The highest BCUT2D eigenvalue weighted by atomic mass is 35.5. The molecular weight excluding hydrogens is 538 g/mol. The van der Waals surface area contributed by atoms with Gasteiger partial charge in [-0.2, -0.15) is 0 Å². The second-order valence-corrected chi connectivity index (χ2v) is 10.8. The van der Waals surface area contributed by atoms with Crippen LogP contribution in [0.3, 0.4) is 0 Å². The minimum atomic E-state index is -0.938. The fraction of sp³-hybridized carbons (Fsp3) is 0.241. The van der Waals surface area contributed by atoms with Gasteiger partial charge in [-0.1, -0.05) is 47.2 Å². The molecule has 1 amide bonds. The van der Waals surface area contributed by atoms with Gasteiger partial charge in [0.25, 0.3) is 11.5 Å². The van der Waals surface area contributed by atoms with Crippen LogP contribution >= 0.6 is 22.9 Å². The maximum atomic E-state index is 14.2. The van der Waals surface area contributed by atoms with E-state index < -0.39 is 23.7 Å². The number of ether oxygens (including phenoxy) is 2. The first kappa shape index (κ1) is 26.6. The summed E-state index contributed by atoms with van der Waals surface area (Å²) in [7, 11) is 1.50. The van der Waals surface area contributed by atoms with Crippen molar-refractivity contribution in [2.75, 3.05) is 18.6 Å². The summed E-state index contributed by atoms with van der Waals surface area (Å²) in [5, 5.41) is 0.405. The van der Waals surface area contributed by atoms with Gasteiger partial charge in [-0.25, -0.2) is 9.79 Å². The first-order valence-electron chi connectivity index (χ1n) is 12.3. The van der Waals surface area contributed by atoms with Crippen molar-refractivity contribution in [2.45, 2.75) is 32.9 Å². The van der Waals surface area contributed by atoms with Gasteiger partial charge in [0.2, 0.25) is 0 Å². The Morgan fingerprint density at radius 3 is 2.67 bits per heavy atom. The topological polar surface area (TPSA) is 90.2 Å². The largest absolute Gasteiger partial charge is 0.496 e. The molecule has 0 radical (unpaired) electrons. The molecule has 2 aliphatic rings. The molecular formula is C29H26ClN3O5S. The Kier molecular flexibility index (Phi) is 7.05. The summed E-state index contributed by atoms with van der Waals surface area (Å²) in [5.41, 5.74) is 2.29. The SMILES string of the molecule is C=CCN1C(=O)/C(=c2\sc3n(c2=O)[C@H](c2cc(Cl)ccc2OC)C(C(=O)OC(C)C)=C(C)N=3)c2ccccc21. The van der Waals surface area contributed by atoms with Crippen molar-refractivity contribution in [1.29, 1.82) is 0 Å². The predicted molar refractivity (Wildman–Crippen MR) is 151 cm³/mol. The van der Waals surface area contributed by atoms with Gasteiger partial charge >= 0.3 is 5.97 Å². The normalized spacial score (nSPS) is 17.6. The lowest BCUT2D eigenvalue weighted by atomic mass is 9.95. The van der Waals surface area contributed by atoms with Crippen molar-refractivity contribution in [1.82, 2.24) is 4.57 Å². The Labute approximate surface area is 233 Å². The van der Waals surface area contributed by atoms with Crippen LogP contribution < -0.4 is 24.5 Å². The molecule has 5 rings (SSSR count). The Hall–Kier alpha value is -3.95. The number of fused-ring (bicyclic) bond motifs is 2. The number of halogens is 1. The molecule has 39 heavy (non-hydrogen) atoms. The molecule has 1 atom stereocenters. The molecule has 0 bridgehead atoms. The highest BCUT2D eigenvalue weighted by Gasteiger charge is 2.38. The lowest BCUT2D eigenvalue weighted by Gasteiger charge is -2.26. The third kappa shape index (κ3) is 4.41. The number of hydrogen-bond acceptors (Lipinski definition) is 7. The van der Waals surface area contributed by atoms with Gasteiger partial charge in [-0.15, -0.1) is 6.58 Å². The van der Waals surface area contributed by atoms with E-state index in [9.17, 15) is 14.4 Å². The van der Waals surface area contributed by atoms with E-state index in [0.29, 0.717) is 50.2 Å². The van der Waals surface area contributed by atoms with E-state index in [1.165, 1.54) is 11.7 Å². The van der Waals surface area contributed by atoms with Crippen molar-refractivity contribution in [3.63, 3.8) is 0 Å². The van der Waals surface area contributed by atoms with Crippen molar-refractivity contribution in [3.05, 3.63) is 102 Å². The third-order valence-corrected chi connectivity index (χ3v) is 7.80. The Balaban J connectivity index is 1.85. The number of allylic oxidation sites excluding steroid dienone is 1. The number of thiazole rings is 1. The molecule has 0 saturated carbocycles. The Bertz CT molecular complexity index is 1750. The summed E-state index contributed by atoms with van der Waals surface area (Å²) in [5.74, 6) is -0.462. The van der Waals surface area contributed by atoms with Crippen LogP contribution in [0.2, 0.25) is 5.02 Å². The van der Waals surface area contributed by atoms with Crippen molar-refractivity contribution in [3.8, 4) is 5.75 Å². The van der Waals surface area contributed by atoms with E-state index in [2.05, 4.69) is 11.6 Å². The minimum absolute atomic E-state index is 0.194. The third-order valence-electron chi connectivity index (χ3n) is 6.51.